The molecule has 1 rings (SSSR count). The lowest BCUT2D eigenvalue weighted by atomic mass is 9.97. The number of rotatable bonds is 4. The van der Waals surface area contributed by atoms with Crippen LogP contribution < -0.4 is 0 Å². The molecule has 1 aliphatic carbocycles. The summed E-state index contributed by atoms with van der Waals surface area (Å²) in [6, 6.07) is 1.36. The molecule has 0 bridgehead atoms. The second kappa shape index (κ2) is 6.52. The van der Waals surface area contributed by atoms with Crippen LogP contribution in [-0.4, -0.2) is 8.07 Å². The van der Waals surface area contributed by atoms with Crippen LogP contribution in [0.1, 0.15) is 44.9 Å². The lowest BCUT2D eigenvalue weighted by Crippen LogP contribution is -2.17. The Morgan fingerprint density at radius 3 is 2.07 bits per heavy atom. The van der Waals surface area contributed by atoms with Crippen molar-refractivity contribution in [1.29, 1.82) is 0 Å². The highest BCUT2D eigenvalue weighted by Crippen LogP contribution is 2.25. The highest BCUT2D eigenvalue weighted by atomic mass is 28.3. The van der Waals surface area contributed by atoms with Gasteiger partial charge >= 0.3 is 0 Å². The molecule has 88 valence electrons. The molecule has 0 unspecified atom stereocenters. The maximum absolute atomic E-state index is 2.47. The number of allylic oxidation sites excluding steroid dienone is 2. The molecule has 0 aromatic rings. The fourth-order valence-electron chi connectivity index (χ4n) is 2.33. The van der Waals surface area contributed by atoms with Crippen LogP contribution in [-0.2, 0) is 0 Å². The van der Waals surface area contributed by atoms with Gasteiger partial charge in [-0.2, -0.15) is 0 Å². The first-order valence-electron chi connectivity index (χ1n) is 6.73. The lowest BCUT2D eigenvalue weighted by Gasteiger charge is -2.13. The van der Waals surface area contributed by atoms with Gasteiger partial charge in [0.2, 0.25) is 0 Å². The molecular weight excluding hydrogens is 196 g/mol. The zero-order valence-electron chi connectivity index (χ0n) is 10.9. The van der Waals surface area contributed by atoms with E-state index in [2.05, 4.69) is 31.8 Å². The summed E-state index contributed by atoms with van der Waals surface area (Å²) in [7, 11) is -0.841. The Kier molecular flexibility index (Phi) is 5.66. The molecule has 1 fully saturated rings. The van der Waals surface area contributed by atoms with E-state index in [1.807, 2.05) is 0 Å². The van der Waals surface area contributed by atoms with Gasteiger partial charge in [-0.25, -0.2) is 0 Å². The van der Waals surface area contributed by atoms with E-state index >= 15 is 0 Å². The Hall–Kier alpha value is -0.0431. The van der Waals surface area contributed by atoms with Crippen molar-refractivity contribution >= 4 is 8.07 Å². The van der Waals surface area contributed by atoms with Gasteiger partial charge in [0.25, 0.3) is 0 Å². The van der Waals surface area contributed by atoms with E-state index < -0.39 is 8.07 Å². The third-order valence-electron chi connectivity index (χ3n) is 3.34. The van der Waals surface area contributed by atoms with E-state index in [9.17, 15) is 0 Å². The van der Waals surface area contributed by atoms with Crippen LogP contribution in [0.5, 0.6) is 0 Å². The Morgan fingerprint density at radius 1 is 0.933 bits per heavy atom. The molecule has 15 heavy (non-hydrogen) atoms. The monoisotopic (exact) mass is 224 g/mol. The molecule has 1 heteroatoms. The molecule has 0 atom stereocenters. The Labute approximate surface area is 97.2 Å². The van der Waals surface area contributed by atoms with E-state index in [-0.39, 0.29) is 0 Å². The predicted octanol–water partition coefficient (Wildman–Crippen LogP) is 5.24. The quantitative estimate of drug-likeness (QED) is 0.348. The van der Waals surface area contributed by atoms with Crippen molar-refractivity contribution in [3.8, 4) is 0 Å². The maximum atomic E-state index is 2.47. The van der Waals surface area contributed by atoms with Crippen LogP contribution in [0, 0.1) is 5.92 Å². The van der Waals surface area contributed by atoms with E-state index in [4.69, 9.17) is 0 Å². The van der Waals surface area contributed by atoms with Gasteiger partial charge in [0.1, 0.15) is 0 Å². The summed E-state index contributed by atoms with van der Waals surface area (Å²) in [6.07, 6.45) is 15.2. The fourth-order valence-corrected chi connectivity index (χ4v) is 3.20. The minimum absolute atomic E-state index is 0.841. The number of hydrogen-bond acceptors (Lipinski definition) is 0. The van der Waals surface area contributed by atoms with Gasteiger partial charge < -0.3 is 0 Å². The highest BCUT2D eigenvalue weighted by molar-refractivity contribution is 6.76. The second-order valence-corrected chi connectivity index (χ2v) is 11.9. The summed E-state index contributed by atoms with van der Waals surface area (Å²) < 4.78 is 0. The van der Waals surface area contributed by atoms with Crippen molar-refractivity contribution in [1.82, 2.24) is 0 Å². The van der Waals surface area contributed by atoms with Gasteiger partial charge in [0.05, 0.1) is 0 Å². The van der Waals surface area contributed by atoms with Gasteiger partial charge in [0.15, 0.2) is 0 Å². The van der Waals surface area contributed by atoms with Crippen LogP contribution >= 0.6 is 0 Å². The Balaban J connectivity index is 2.17. The summed E-state index contributed by atoms with van der Waals surface area (Å²) in [6.45, 7) is 7.34. The molecular formula is C14H28Si. The highest BCUT2D eigenvalue weighted by Gasteiger charge is 2.11. The minimum atomic E-state index is -0.841. The molecule has 0 amide bonds. The summed E-state index contributed by atoms with van der Waals surface area (Å²) in [5.74, 6) is 1.00. The van der Waals surface area contributed by atoms with Crippen molar-refractivity contribution in [3.63, 3.8) is 0 Å². The smallest absolute Gasteiger partial charge is 0.0480 e. The van der Waals surface area contributed by atoms with Crippen LogP contribution in [0.3, 0.4) is 0 Å². The molecule has 0 nitrogen and oxygen atoms in total. The second-order valence-electron chi connectivity index (χ2n) is 6.33. The van der Waals surface area contributed by atoms with Crippen molar-refractivity contribution in [2.45, 2.75) is 70.6 Å². The van der Waals surface area contributed by atoms with Gasteiger partial charge in [-0.3, -0.25) is 0 Å². The van der Waals surface area contributed by atoms with E-state index in [1.54, 1.807) is 0 Å². The van der Waals surface area contributed by atoms with Gasteiger partial charge in [-0.15, -0.1) is 0 Å². The average molecular weight is 224 g/mol. The van der Waals surface area contributed by atoms with E-state index in [1.165, 1.54) is 51.0 Å². The van der Waals surface area contributed by atoms with E-state index in [0.717, 1.165) is 5.92 Å². The van der Waals surface area contributed by atoms with Crippen LogP contribution in [0.4, 0.5) is 0 Å². The zero-order valence-corrected chi connectivity index (χ0v) is 11.9. The minimum Gasteiger partial charge on any atom is -0.0912 e. The van der Waals surface area contributed by atoms with Crippen molar-refractivity contribution in [2.24, 2.45) is 5.92 Å². The first-order valence-corrected chi connectivity index (χ1v) is 10.4. The van der Waals surface area contributed by atoms with Crippen LogP contribution in [0.15, 0.2) is 12.2 Å². The van der Waals surface area contributed by atoms with Crippen molar-refractivity contribution < 1.29 is 0 Å². The zero-order chi connectivity index (χ0) is 11.1. The largest absolute Gasteiger partial charge is 0.0912 e. The van der Waals surface area contributed by atoms with Crippen molar-refractivity contribution in [3.05, 3.63) is 12.2 Å². The molecule has 1 saturated carbocycles. The molecule has 0 aromatic carbocycles. The van der Waals surface area contributed by atoms with E-state index in [0.29, 0.717) is 0 Å². The van der Waals surface area contributed by atoms with Crippen molar-refractivity contribution in [2.75, 3.05) is 0 Å². The molecule has 0 aliphatic heterocycles. The average Bonchev–Trinajstić information content (AvgIpc) is 2.39. The molecule has 0 heterocycles. The van der Waals surface area contributed by atoms with Crippen LogP contribution in [0.2, 0.25) is 25.7 Å². The fraction of sp³-hybridized carbons (Fsp3) is 0.857. The van der Waals surface area contributed by atoms with Gasteiger partial charge in [-0.05, 0) is 18.4 Å². The summed E-state index contributed by atoms with van der Waals surface area (Å²) in [4.78, 5) is 0. The molecule has 0 N–H and O–H groups in total. The molecule has 0 radical (unpaired) electrons. The summed E-state index contributed by atoms with van der Waals surface area (Å²) in [5, 5.41) is 0. The molecule has 0 spiro atoms. The third kappa shape index (κ3) is 6.94. The van der Waals surface area contributed by atoms with Crippen LogP contribution in [0.25, 0.3) is 0 Å². The van der Waals surface area contributed by atoms with Gasteiger partial charge in [0, 0.05) is 8.07 Å². The predicted molar refractivity (Wildman–Crippen MR) is 73.1 cm³/mol. The Morgan fingerprint density at radius 2 is 1.53 bits per heavy atom. The third-order valence-corrected chi connectivity index (χ3v) is 4.80. The molecule has 0 aromatic heterocycles. The summed E-state index contributed by atoms with van der Waals surface area (Å²) >= 11 is 0. The normalized spacial score (nSPS) is 20.7. The first-order chi connectivity index (χ1) is 7.08. The standard InChI is InChI=1S/C14H28Si/c1-15(2,3)13-9-8-12-14-10-6-4-5-7-11-14/h8-9,14H,4-7,10-13H2,1-3H3. The molecule has 0 saturated heterocycles. The maximum Gasteiger partial charge on any atom is 0.0480 e. The topological polar surface area (TPSA) is 0 Å². The SMILES string of the molecule is C[Si](C)(C)CC=CCC1CCCCCC1. The Bertz CT molecular complexity index is 180. The lowest BCUT2D eigenvalue weighted by molar-refractivity contribution is 0.466. The van der Waals surface area contributed by atoms with Gasteiger partial charge in [-0.1, -0.05) is 70.3 Å². The first kappa shape index (κ1) is 13.0. The number of hydrogen-bond donors (Lipinski definition) is 0. The summed E-state index contributed by atoms with van der Waals surface area (Å²) in [5.41, 5.74) is 0. The molecule has 1 aliphatic rings.